The van der Waals surface area contributed by atoms with Crippen molar-refractivity contribution < 1.29 is 4.79 Å². The highest BCUT2D eigenvalue weighted by Crippen LogP contribution is 2.12. The van der Waals surface area contributed by atoms with Gasteiger partial charge in [0.15, 0.2) is 5.65 Å². The second-order valence-electron chi connectivity index (χ2n) is 6.40. The number of imidazole rings is 1. The molecule has 1 aliphatic heterocycles. The van der Waals surface area contributed by atoms with Gasteiger partial charge in [-0.2, -0.15) is 0 Å². The number of nitrogens with one attached hydrogen (secondary N) is 2. The minimum Gasteiger partial charge on any atom is -0.337 e. The minimum absolute atomic E-state index is 0.0823. The van der Waals surface area contributed by atoms with E-state index in [9.17, 15) is 14.4 Å². The van der Waals surface area contributed by atoms with Crippen LogP contribution in [-0.2, 0) is 18.3 Å². The van der Waals surface area contributed by atoms with Crippen molar-refractivity contribution in [2.24, 2.45) is 7.05 Å². The van der Waals surface area contributed by atoms with Gasteiger partial charge in [0.1, 0.15) is 11.3 Å². The van der Waals surface area contributed by atoms with Crippen molar-refractivity contribution in [2.75, 3.05) is 26.7 Å². The number of nitrogens with zero attached hydrogens (tertiary/aromatic N) is 4. The average Bonchev–Trinajstić information content (AvgIpc) is 2.95. The first-order valence-electron chi connectivity index (χ1n) is 8.02. The molecule has 0 saturated carbocycles. The van der Waals surface area contributed by atoms with E-state index in [1.165, 1.54) is 4.57 Å². The number of rotatable bonds is 3. The number of likely N-dealkylation sites (N-methyl/N-ethyl adjacent to an activating group) is 1. The third-order valence-corrected chi connectivity index (χ3v) is 4.53. The second-order valence-corrected chi connectivity index (χ2v) is 6.40. The Morgan fingerprint density at radius 2 is 2.00 bits per heavy atom. The van der Waals surface area contributed by atoms with Crippen molar-refractivity contribution in [2.45, 2.75) is 25.8 Å². The topological polar surface area (TPSA) is 107 Å². The van der Waals surface area contributed by atoms with E-state index in [-0.39, 0.29) is 17.5 Å². The van der Waals surface area contributed by atoms with Gasteiger partial charge in [0.25, 0.3) is 5.56 Å². The summed E-state index contributed by atoms with van der Waals surface area (Å²) in [6.07, 6.45) is 0.722. The van der Waals surface area contributed by atoms with Gasteiger partial charge in [-0.05, 0) is 14.0 Å². The molecular weight excluding hydrogens is 312 g/mol. The van der Waals surface area contributed by atoms with E-state index < -0.39 is 11.2 Å². The monoisotopic (exact) mass is 334 g/mol. The SMILES string of the molecule is C[C@@H]1CN(C)CCN1C(=O)CCc1nc2c([nH]1)c(=O)[nH]c(=O)n2C. The zero-order valence-electron chi connectivity index (χ0n) is 14.1. The molecule has 0 aliphatic carbocycles. The number of carbonyl (C=O) groups excluding carboxylic acids is 1. The number of fused-ring (bicyclic) bond motifs is 1. The van der Waals surface area contributed by atoms with Crippen LogP contribution in [0.5, 0.6) is 0 Å². The second kappa shape index (κ2) is 6.23. The molecule has 1 fully saturated rings. The van der Waals surface area contributed by atoms with Crippen molar-refractivity contribution in [3.05, 3.63) is 26.7 Å². The lowest BCUT2D eigenvalue weighted by molar-refractivity contribution is -0.135. The number of H-pyrrole nitrogens is 2. The quantitative estimate of drug-likeness (QED) is 0.752. The maximum Gasteiger partial charge on any atom is 0.329 e. The normalized spacial score (nSPS) is 19.1. The van der Waals surface area contributed by atoms with Crippen LogP contribution in [0.4, 0.5) is 0 Å². The average molecular weight is 334 g/mol. The van der Waals surface area contributed by atoms with Gasteiger partial charge >= 0.3 is 5.69 Å². The Hall–Kier alpha value is -2.42. The molecule has 1 amide bonds. The van der Waals surface area contributed by atoms with Crippen LogP contribution in [0.15, 0.2) is 9.59 Å². The van der Waals surface area contributed by atoms with E-state index in [1.807, 2.05) is 11.8 Å². The molecule has 0 radical (unpaired) electrons. The lowest BCUT2D eigenvalue weighted by Crippen LogP contribution is -2.52. The predicted octanol–water partition coefficient (Wildman–Crippen LogP) is -0.955. The molecule has 0 aromatic carbocycles. The summed E-state index contributed by atoms with van der Waals surface area (Å²) in [4.78, 5) is 49.4. The van der Waals surface area contributed by atoms with Crippen LogP contribution in [0.3, 0.4) is 0 Å². The molecule has 9 heteroatoms. The molecule has 1 atom stereocenters. The van der Waals surface area contributed by atoms with Crippen molar-refractivity contribution in [3.8, 4) is 0 Å². The largest absolute Gasteiger partial charge is 0.337 e. The molecule has 0 unspecified atom stereocenters. The molecule has 2 aromatic rings. The molecule has 9 nitrogen and oxygen atoms in total. The highest BCUT2D eigenvalue weighted by molar-refractivity contribution is 5.77. The van der Waals surface area contributed by atoms with E-state index in [2.05, 4.69) is 26.9 Å². The van der Waals surface area contributed by atoms with Crippen LogP contribution >= 0.6 is 0 Å². The number of hydrogen-bond acceptors (Lipinski definition) is 5. The van der Waals surface area contributed by atoms with Gasteiger partial charge in [0.05, 0.1) is 0 Å². The number of aromatic nitrogens is 4. The Morgan fingerprint density at radius 1 is 1.25 bits per heavy atom. The molecule has 1 saturated heterocycles. The van der Waals surface area contributed by atoms with Crippen LogP contribution in [0.1, 0.15) is 19.2 Å². The molecule has 1 aliphatic rings. The molecule has 24 heavy (non-hydrogen) atoms. The van der Waals surface area contributed by atoms with Gasteiger partial charge in [-0.15, -0.1) is 0 Å². The molecule has 130 valence electrons. The Bertz CT molecular complexity index is 879. The van der Waals surface area contributed by atoms with Crippen molar-refractivity contribution in [1.82, 2.24) is 29.3 Å². The van der Waals surface area contributed by atoms with E-state index in [4.69, 9.17) is 0 Å². The van der Waals surface area contributed by atoms with Crippen LogP contribution in [0, 0.1) is 0 Å². The Balaban J connectivity index is 1.73. The maximum atomic E-state index is 12.4. The van der Waals surface area contributed by atoms with E-state index >= 15 is 0 Å². The summed E-state index contributed by atoms with van der Waals surface area (Å²) < 4.78 is 1.28. The van der Waals surface area contributed by atoms with Gasteiger partial charge in [0.2, 0.25) is 5.91 Å². The lowest BCUT2D eigenvalue weighted by Gasteiger charge is -2.38. The summed E-state index contributed by atoms with van der Waals surface area (Å²) in [6, 6.07) is 0.190. The Labute approximate surface area is 138 Å². The predicted molar refractivity (Wildman–Crippen MR) is 88.9 cm³/mol. The fourth-order valence-electron chi connectivity index (χ4n) is 3.15. The summed E-state index contributed by atoms with van der Waals surface area (Å²) in [5, 5.41) is 0. The first kappa shape index (κ1) is 16.4. The molecule has 3 rings (SSSR count). The highest BCUT2D eigenvalue weighted by Gasteiger charge is 2.25. The summed E-state index contributed by atoms with van der Waals surface area (Å²) in [6.45, 7) is 4.51. The van der Waals surface area contributed by atoms with Crippen LogP contribution in [-0.4, -0.2) is 67.9 Å². The molecular formula is C15H22N6O3. The summed E-state index contributed by atoms with van der Waals surface area (Å²) in [7, 11) is 3.59. The van der Waals surface area contributed by atoms with E-state index in [1.54, 1.807) is 7.05 Å². The summed E-state index contributed by atoms with van der Waals surface area (Å²) in [5.41, 5.74) is -0.439. The van der Waals surface area contributed by atoms with Gasteiger partial charge in [0, 0.05) is 45.6 Å². The van der Waals surface area contributed by atoms with Gasteiger partial charge in [-0.1, -0.05) is 0 Å². The number of aromatic amines is 2. The maximum absolute atomic E-state index is 12.4. The van der Waals surface area contributed by atoms with Crippen LogP contribution in [0.25, 0.3) is 11.2 Å². The molecule has 0 spiro atoms. The number of piperazine rings is 1. The number of aryl methyl sites for hydroxylation is 2. The van der Waals surface area contributed by atoms with E-state index in [0.717, 1.165) is 19.6 Å². The lowest BCUT2D eigenvalue weighted by atomic mass is 10.1. The fourth-order valence-corrected chi connectivity index (χ4v) is 3.15. The van der Waals surface area contributed by atoms with Crippen molar-refractivity contribution in [1.29, 1.82) is 0 Å². The summed E-state index contributed by atoms with van der Waals surface area (Å²) >= 11 is 0. The molecule has 2 N–H and O–H groups in total. The third-order valence-electron chi connectivity index (χ3n) is 4.53. The number of hydrogen-bond donors (Lipinski definition) is 2. The fraction of sp³-hybridized carbons (Fsp3) is 0.600. The summed E-state index contributed by atoms with van der Waals surface area (Å²) in [5.74, 6) is 0.616. The Morgan fingerprint density at radius 3 is 2.71 bits per heavy atom. The Kier molecular flexibility index (Phi) is 4.27. The first-order chi connectivity index (χ1) is 11.4. The van der Waals surface area contributed by atoms with Gasteiger partial charge in [-0.3, -0.25) is 19.1 Å². The third kappa shape index (κ3) is 2.99. The smallest absolute Gasteiger partial charge is 0.329 e. The molecule has 0 bridgehead atoms. The van der Waals surface area contributed by atoms with Crippen molar-refractivity contribution in [3.63, 3.8) is 0 Å². The number of carbonyl (C=O) groups is 1. The van der Waals surface area contributed by atoms with Crippen LogP contribution in [0.2, 0.25) is 0 Å². The molecule has 2 aromatic heterocycles. The standard InChI is InChI=1S/C15H22N6O3/c1-9-8-19(2)6-7-21(9)11(22)5-4-10-16-12-13(17-10)20(3)15(24)18-14(12)23/h9H,4-8H2,1-3H3,(H,16,17)(H,18,23,24)/t9-/m1/s1. The number of amides is 1. The zero-order valence-corrected chi connectivity index (χ0v) is 14.1. The first-order valence-corrected chi connectivity index (χ1v) is 8.02. The molecule has 3 heterocycles. The van der Waals surface area contributed by atoms with Crippen molar-refractivity contribution >= 4 is 17.1 Å². The minimum atomic E-state index is -0.507. The van der Waals surface area contributed by atoms with Crippen LogP contribution < -0.4 is 11.2 Å². The van der Waals surface area contributed by atoms with E-state index in [0.29, 0.717) is 24.3 Å². The van der Waals surface area contributed by atoms with Gasteiger partial charge in [-0.25, -0.2) is 9.78 Å². The van der Waals surface area contributed by atoms with Gasteiger partial charge < -0.3 is 14.8 Å². The highest BCUT2D eigenvalue weighted by atomic mass is 16.2. The zero-order chi connectivity index (χ0) is 17.4.